The monoisotopic (exact) mass is 1130 g/mol. The molecule has 0 bridgehead atoms. The molecule has 0 aromatic heterocycles. The van der Waals surface area contributed by atoms with Gasteiger partial charge in [0.1, 0.15) is 73.2 Å². The van der Waals surface area contributed by atoms with Gasteiger partial charge < -0.3 is 89.9 Å². The summed E-state index contributed by atoms with van der Waals surface area (Å²) in [6, 6.07) is -0.901. The van der Waals surface area contributed by atoms with Gasteiger partial charge in [0, 0.05) is 6.42 Å². The van der Waals surface area contributed by atoms with Crippen molar-refractivity contribution in [2.24, 2.45) is 0 Å². The van der Waals surface area contributed by atoms with Crippen LogP contribution in [0.1, 0.15) is 194 Å². The molecule has 79 heavy (non-hydrogen) atoms. The molecular weight excluding hydrogens is 1020 g/mol. The molecule has 0 aliphatic carbocycles. The number of rotatable bonds is 44. The van der Waals surface area contributed by atoms with E-state index in [0.717, 1.165) is 77.0 Å². The van der Waals surface area contributed by atoms with E-state index in [1.165, 1.54) is 83.5 Å². The molecule has 3 fully saturated rings. The summed E-state index contributed by atoms with van der Waals surface area (Å²) < 4.78 is 34.3. The Balaban J connectivity index is 1.50. The molecule has 3 aliphatic heterocycles. The van der Waals surface area contributed by atoms with Crippen LogP contribution in [0.3, 0.4) is 0 Å². The van der Waals surface area contributed by atoms with Crippen LogP contribution < -0.4 is 5.32 Å². The first-order chi connectivity index (χ1) is 38.3. The van der Waals surface area contributed by atoms with Crippen LogP contribution >= 0.6 is 0 Å². The Labute approximate surface area is 472 Å². The standard InChI is InChI=1S/C60H107NO18/c1-3-5-7-9-11-13-15-17-19-21-23-25-27-29-31-33-35-37-44(65)43(61-48(66)38-36-34-32-30-28-26-24-22-20-18-16-14-12-10-8-6-4-2)42-74-58-54(72)51(69)56(46(40-63)76-58)79-60-55(73)52(70)57(47(41-64)77-60)78-59-53(71)50(68)49(67)45(39-62)75-59/h6,8,12,14,18,20,24,26,43-47,49-60,62-65,67-73H,3-5,7,9-11,13,15-17,19,21-23,25,27-42H2,1-2H3,(H,61,66)/b8-6-,14-12-,20-18-,26-24-. The summed E-state index contributed by atoms with van der Waals surface area (Å²) in [5, 5.41) is 120. The Morgan fingerprint density at radius 1 is 0.468 bits per heavy atom. The highest BCUT2D eigenvalue weighted by Gasteiger charge is 2.53. The van der Waals surface area contributed by atoms with E-state index in [2.05, 4.69) is 67.8 Å². The second-order valence-corrected chi connectivity index (χ2v) is 21.8. The molecule has 0 aromatic carbocycles. The van der Waals surface area contributed by atoms with Gasteiger partial charge in [0.2, 0.25) is 5.91 Å². The fourth-order valence-electron chi connectivity index (χ4n) is 10.2. The van der Waals surface area contributed by atoms with E-state index in [-0.39, 0.29) is 18.9 Å². The Kier molecular flexibility index (Phi) is 39.0. The van der Waals surface area contributed by atoms with Crippen molar-refractivity contribution in [2.45, 2.75) is 298 Å². The lowest BCUT2D eigenvalue weighted by molar-refractivity contribution is -0.379. The van der Waals surface area contributed by atoms with E-state index in [1.807, 2.05) is 0 Å². The Bertz CT molecular complexity index is 1630. The van der Waals surface area contributed by atoms with Crippen LogP contribution in [0.15, 0.2) is 48.6 Å². The summed E-state index contributed by atoms with van der Waals surface area (Å²) in [4.78, 5) is 13.3. The molecule has 19 heteroatoms. The third-order valence-electron chi connectivity index (χ3n) is 15.2. The Morgan fingerprint density at radius 3 is 1.37 bits per heavy atom. The molecule has 17 atom stereocenters. The lowest BCUT2D eigenvalue weighted by Gasteiger charge is -2.48. The second-order valence-electron chi connectivity index (χ2n) is 21.8. The maximum absolute atomic E-state index is 13.3. The van der Waals surface area contributed by atoms with Gasteiger partial charge in [-0.2, -0.15) is 0 Å². The molecule has 0 radical (unpaired) electrons. The minimum atomic E-state index is -1.98. The van der Waals surface area contributed by atoms with Crippen molar-refractivity contribution >= 4 is 5.91 Å². The molecule has 3 saturated heterocycles. The number of hydrogen-bond donors (Lipinski definition) is 12. The average Bonchev–Trinajstić information content (AvgIpc) is 3.54. The van der Waals surface area contributed by atoms with Crippen molar-refractivity contribution in [3.05, 3.63) is 48.6 Å². The van der Waals surface area contributed by atoms with Crippen LogP contribution in [-0.4, -0.2) is 193 Å². The summed E-state index contributed by atoms with van der Waals surface area (Å²) >= 11 is 0. The lowest BCUT2D eigenvalue weighted by atomic mass is 9.96. The van der Waals surface area contributed by atoms with E-state index >= 15 is 0 Å². The average molecular weight is 1130 g/mol. The van der Waals surface area contributed by atoms with Crippen LogP contribution in [0.5, 0.6) is 0 Å². The SMILES string of the molecule is CC/C=C\C/C=C\C/C=C\C/C=C\CCCCCCC(=O)NC(COC1OC(CO)C(OC2OC(CO)C(OC3OC(CO)C(O)C(O)C3O)C(O)C2O)C(O)C1O)C(O)CCCCCCCCCCCCCCCCCCC. The highest BCUT2D eigenvalue weighted by atomic mass is 16.8. The van der Waals surface area contributed by atoms with Crippen molar-refractivity contribution in [2.75, 3.05) is 26.4 Å². The zero-order valence-electron chi connectivity index (χ0n) is 47.8. The van der Waals surface area contributed by atoms with E-state index in [9.17, 15) is 61.0 Å². The maximum Gasteiger partial charge on any atom is 0.220 e. The van der Waals surface area contributed by atoms with Gasteiger partial charge in [-0.3, -0.25) is 4.79 Å². The Hall–Kier alpha value is -2.25. The van der Waals surface area contributed by atoms with Crippen LogP contribution in [0.25, 0.3) is 0 Å². The first kappa shape index (κ1) is 71.0. The molecule has 0 aromatic rings. The second kappa shape index (κ2) is 43.4. The van der Waals surface area contributed by atoms with Crippen molar-refractivity contribution in [1.82, 2.24) is 5.32 Å². The van der Waals surface area contributed by atoms with E-state index in [4.69, 9.17) is 28.4 Å². The topological polar surface area (TPSA) is 307 Å². The fraction of sp³-hybridized carbons (Fsp3) is 0.850. The van der Waals surface area contributed by atoms with Crippen LogP contribution in [-0.2, 0) is 33.2 Å². The van der Waals surface area contributed by atoms with Crippen LogP contribution in [0.4, 0.5) is 0 Å². The van der Waals surface area contributed by atoms with Crippen LogP contribution in [0, 0.1) is 0 Å². The first-order valence-corrected chi connectivity index (χ1v) is 30.4. The van der Waals surface area contributed by atoms with Crippen molar-refractivity contribution in [3.63, 3.8) is 0 Å². The molecule has 12 N–H and O–H groups in total. The van der Waals surface area contributed by atoms with E-state index in [0.29, 0.717) is 12.8 Å². The molecular formula is C60H107NO18. The number of allylic oxidation sites excluding steroid dienone is 8. The van der Waals surface area contributed by atoms with E-state index < -0.39 is 124 Å². The van der Waals surface area contributed by atoms with Gasteiger partial charge in [0.15, 0.2) is 18.9 Å². The predicted molar refractivity (Wildman–Crippen MR) is 300 cm³/mol. The number of unbranched alkanes of at least 4 members (excludes halogenated alkanes) is 20. The number of amides is 1. The van der Waals surface area contributed by atoms with E-state index in [1.54, 1.807) is 0 Å². The zero-order chi connectivity index (χ0) is 57.6. The number of carbonyl (C=O) groups is 1. The molecule has 3 aliphatic rings. The van der Waals surface area contributed by atoms with Gasteiger partial charge in [0.25, 0.3) is 0 Å². The maximum atomic E-state index is 13.3. The van der Waals surface area contributed by atoms with Gasteiger partial charge in [-0.1, -0.05) is 184 Å². The molecule has 19 nitrogen and oxygen atoms in total. The van der Waals surface area contributed by atoms with Gasteiger partial charge in [-0.05, 0) is 51.4 Å². The molecule has 3 heterocycles. The zero-order valence-corrected chi connectivity index (χ0v) is 47.8. The number of aliphatic hydroxyl groups excluding tert-OH is 11. The van der Waals surface area contributed by atoms with Crippen molar-refractivity contribution in [3.8, 4) is 0 Å². The number of carbonyl (C=O) groups excluding carboxylic acids is 1. The number of aliphatic hydroxyl groups is 11. The number of hydrogen-bond acceptors (Lipinski definition) is 18. The molecule has 3 rings (SSSR count). The number of ether oxygens (including phenoxy) is 6. The molecule has 17 unspecified atom stereocenters. The minimum absolute atomic E-state index is 0.237. The van der Waals surface area contributed by atoms with Crippen LogP contribution in [0.2, 0.25) is 0 Å². The molecule has 1 amide bonds. The predicted octanol–water partition coefficient (Wildman–Crippen LogP) is 5.48. The largest absolute Gasteiger partial charge is 0.394 e. The summed E-state index contributed by atoms with van der Waals surface area (Å²) in [6.45, 7) is 1.65. The quantitative estimate of drug-likeness (QED) is 0.0265. The molecule has 0 saturated carbocycles. The molecule has 0 spiro atoms. The van der Waals surface area contributed by atoms with Crippen molar-refractivity contribution < 1.29 is 89.4 Å². The first-order valence-electron chi connectivity index (χ1n) is 30.4. The van der Waals surface area contributed by atoms with Gasteiger partial charge in [-0.15, -0.1) is 0 Å². The van der Waals surface area contributed by atoms with Gasteiger partial charge >= 0.3 is 0 Å². The molecule has 460 valence electrons. The fourth-order valence-corrected chi connectivity index (χ4v) is 10.2. The minimum Gasteiger partial charge on any atom is -0.394 e. The highest BCUT2D eigenvalue weighted by Crippen LogP contribution is 2.33. The summed E-state index contributed by atoms with van der Waals surface area (Å²) in [7, 11) is 0. The normalized spacial score (nSPS) is 30.6. The smallest absolute Gasteiger partial charge is 0.220 e. The number of nitrogens with one attached hydrogen (secondary N) is 1. The summed E-state index contributed by atoms with van der Waals surface area (Å²) in [5.41, 5.74) is 0. The van der Waals surface area contributed by atoms with Gasteiger partial charge in [-0.25, -0.2) is 0 Å². The third-order valence-corrected chi connectivity index (χ3v) is 15.2. The third kappa shape index (κ3) is 27.3. The summed E-state index contributed by atoms with van der Waals surface area (Å²) in [6.07, 6.45) is 20.5. The van der Waals surface area contributed by atoms with Gasteiger partial charge in [0.05, 0.1) is 38.6 Å². The Morgan fingerprint density at radius 2 is 0.873 bits per heavy atom. The van der Waals surface area contributed by atoms with Crippen molar-refractivity contribution in [1.29, 1.82) is 0 Å². The highest BCUT2D eigenvalue weighted by molar-refractivity contribution is 5.76. The summed E-state index contributed by atoms with van der Waals surface area (Å²) in [5.74, 6) is -0.268. The lowest BCUT2D eigenvalue weighted by Crippen LogP contribution is -2.66.